The number of hydrogen-bond donors (Lipinski definition) is 5. The van der Waals surface area contributed by atoms with Crippen LogP contribution in [-0.4, -0.2) is 55.4 Å². The molecule has 1 aliphatic rings. The van der Waals surface area contributed by atoms with Crippen LogP contribution in [0.25, 0.3) is 0 Å². The van der Waals surface area contributed by atoms with Gasteiger partial charge in [0, 0.05) is 0 Å². The first-order valence-electron chi connectivity index (χ1n) is 4.86. The van der Waals surface area contributed by atoms with E-state index in [-0.39, 0.29) is 10.5 Å². The zero-order valence-corrected chi connectivity index (χ0v) is 9.35. The highest BCUT2D eigenvalue weighted by Crippen LogP contribution is 2.30. The molecule has 2 rings (SSSR count). The Morgan fingerprint density at radius 3 is 2.65 bits per heavy atom. The molecule has 0 aliphatic carbocycles. The van der Waals surface area contributed by atoms with Gasteiger partial charge in [0.05, 0.1) is 6.61 Å². The highest BCUT2D eigenvalue weighted by atomic mass is 32.1. The van der Waals surface area contributed by atoms with E-state index in [1.165, 1.54) is 0 Å². The van der Waals surface area contributed by atoms with Crippen LogP contribution in [0.2, 0.25) is 0 Å². The standard InChI is InChI=1S/C8H11N3O5S/c12-1-2-4(13)5(14)6(16-2)3-7(15)9-8(17)11-10-3/h2,4-6,12-14H,1H2,(H2,9,11,15,17)/t2-,4-,5-,6+/m1/s1. The van der Waals surface area contributed by atoms with E-state index in [0.717, 1.165) is 0 Å². The highest BCUT2D eigenvalue weighted by Gasteiger charge is 2.44. The van der Waals surface area contributed by atoms with Crippen molar-refractivity contribution < 1.29 is 20.1 Å². The minimum Gasteiger partial charge on any atom is -0.394 e. The zero-order chi connectivity index (χ0) is 12.6. The molecule has 1 saturated heterocycles. The van der Waals surface area contributed by atoms with Gasteiger partial charge in [-0.1, -0.05) is 0 Å². The molecule has 0 spiro atoms. The van der Waals surface area contributed by atoms with E-state index in [9.17, 15) is 15.0 Å². The van der Waals surface area contributed by atoms with Gasteiger partial charge >= 0.3 is 0 Å². The van der Waals surface area contributed by atoms with Crippen LogP contribution in [0.5, 0.6) is 0 Å². The summed E-state index contributed by atoms with van der Waals surface area (Å²) in [6, 6.07) is 0. The molecule has 5 N–H and O–H groups in total. The predicted molar refractivity (Wildman–Crippen MR) is 56.8 cm³/mol. The van der Waals surface area contributed by atoms with Gasteiger partial charge in [-0.3, -0.25) is 14.9 Å². The second-order valence-electron chi connectivity index (χ2n) is 3.65. The van der Waals surface area contributed by atoms with E-state index >= 15 is 0 Å². The number of aromatic amines is 2. The average Bonchev–Trinajstić information content (AvgIpc) is 2.57. The smallest absolute Gasteiger partial charge is 0.276 e. The zero-order valence-electron chi connectivity index (χ0n) is 8.53. The Bertz CT molecular complexity index is 514. The van der Waals surface area contributed by atoms with Crippen LogP contribution in [0.15, 0.2) is 4.79 Å². The molecule has 0 radical (unpaired) electrons. The molecule has 0 aromatic carbocycles. The fourth-order valence-corrected chi connectivity index (χ4v) is 1.81. The molecule has 0 saturated carbocycles. The van der Waals surface area contributed by atoms with Crippen LogP contribution in [0, 0.1) is 4.77 Å². The molecule has 1 aromatic rings. The highest BCUT2D eigenvalue weighted by molar-refractivity contribution is 7.71. The van der Waals surface area contributed by atoms with Crippen molar-refractivity contribution in [2.24, 2.45) is 0 Å². The topological polar surface area (TPSA) is 131 Å². The van der Waals surface area contributed by atoms with Gasteiger partial charge in [0.2, 0.25) is 0 Å². The van der Waals surface area contributed by atoms with Crippen LogP contribution >= 0.6 is 12.2 Å². The van der Waals surface area contributed by atoms with Crippen molar-refractivity contribution in [2.45, 2.75) is 24.4 Å². The minimum atomic E-state index is -1.33. The third-order valence-corrected chi connectivity index (χ3v) is 2.74. The van der Waals surface area contributed by atoms with Crippen molar-refractivity contribution in [3.05, 3.63) is 20.8 Å². The van der Waals surface area contributed by atoms with E-state index in [2.05, 4.69) is 27.4 Å². The van der Waals surface area contributed by atoms with Gasteiger partial charge in [0.1, 0.15) is 24.4 Å². The molecule has 2 heterocycles. The number of aliphatic hydroxyl groups excluding tert-OH is 3. The molecule has 1 fully saturated rings. The number of nitrogens with one attached hydrogen (secondary N) is 2. The summed E-state index contributed by atoms with van der Waals surface area (Å²) in [5, 5.41) is 34.1. The first-order valence-corrected chi connectivity index (χ1v) is 5.26. The Morgan fingerprint density at radius 1 is 1.41 bits per heavy atom. The van der Waals surface area contributed by atoms with Crippen molar-refractivity contribution >= 4 is 12.2 Å². The van der Waals surface area contributed by atoms with Crippen molar-refractivity contribution in [2.75, 3.05) is 6.61 Å². The number of H-pyrrole nitrogens is 2. The summed E-state index contributed by atoms with van der Waals surface area (Å²) < 4.78 is 5.20. The maximum absolute atomic E-state index is 11.5. The summed E-state index contributed by atoms with van der Waals surface area (Å²) >= 11 is 4.67. The van der Waals surface area contributed by atoms with Gasteiger partial charge in [-0.2, -0.15) is 5.10 Å². The maximum atomic E-state index is 11.5. The predicted octanol–water partition coefficient (Wildman–Crippen LogP) is -2.02. The van der Waals surface area contributed by atoms with Crippen molar-refractivity contribution in [3.63, 3.8) is 0 Å². The largest absolute Gasteiger partial charge is 0.394 e. The molecule has 4 atom stereocenters. The van der Waals surface area contributed by atoms with Crippen LogP contribution in [0.3, 0.4) is 0 Å². The molecule has 94 valence electrons. The van der Waals surface area contributed by atoms with Crippen LogP contribution < -0.4 is 5.56 Å². The lowest BCUT2D eigenvalue weighted by Gasteiger charge is -2.12. The minimum absolute atomic E-state index is 0.0468. The number of ether oxygens (including phenoxy) is 1. The van der Waals surface area contributed by atoms with E-state index < -0.39 is 36.6 Å². The van der Waals surface area contributed by atoms with Crippen LogP contribution in [0.1, 0.15) is 11.8 Å². The molecule has 1 aromatic heterocycles. The Kier molecular flexibility index (Phi) is 3.35. The third kappa shape index (κ3) is 2.15. The van der Waals surface area contributed by atoms with E-state index in [0.29, 0.717) is 0 Å². The summed E-state index contributed by atoms with van der Waals surface area (Å²) in [5.74, 6) is 0. The summed E-state index contributed by atoms with van der Waals surface area (Å²) in [4.78, 5) is 13.8. The summed E-state index contributed by atoms with van der Waals surface area (Å²) in [5.41, 5.74) is -0.732. The molecule has 1 aliphatic heterocycles. The Morgan fingerprint density at radius 2 is 2.12 bits per heavy atom. The van der Waals surface area contributed by atoms with Crippen LogP contribution in [-0.2, 0) is 4.74 Å². The molecule has 0 unspecified atom stereocenters. The lowest BCUT2D eigenvalue weighted by atomic mass is 10.1. The number of nitrogens with zero attached hydrogens (tertiary/aromatic N) is 1. The molecular weight excluding hydrogens is 250 g/mol. The van der Waals surface area contributed by atoms with Gasteiger partial charge in [-0.05, 0) is 12.2 Å². The van der Waals surface area contributed by atoms with E-state index in [1.807, 2.05) is 0 Å². The molecular formula is C8H11N3O5S. The molecule has 17 heavy (non-hydrogen) atoms. The fourth-order valence-electron chi connectivity index (χ4n) is 1.68. The van der Waals surface area contributed by atoms with E-state index in [4.69, 9.17) is 9.84 Å². The summed E-state index contributed by atoms with van der Waals surface area (Å²) in [6.07, 6.45) is -4.64. The molecule has 0 amide bonds. The number of hydrogen-bond acceptors (Lipinski definition) is 7. The monoisotopic (exact) mass is 261 g/mol. The Labute approximate surface area is 99.9 Å². The normalized spacial score (nSPS) is 32.9. The molecule has 9 heteroatoms. The summed E-state index contributed by atoms with van der Waals surface area (Å²) in [7, 11) is 0. The van der Waals surface area contributed by atoms with Crippen LogP contribution in [0.4, 0.5) is 0 Å². The number of aromatic nitrogens is 3. The quantitative estimate of drug-likeness (QED) is 0.388. The van der Waals surface area contributed by atoms with Gasteiger partial charge < -0.3 is 20.1 Å². The Hall–Kier alpha value is -1.13. The van der Waals surface area contributed by atoms with Gasteiger partial charge in [0.25, 0.3) is 5.56 Å². The van der Waals surface area contributed by atoms with Gasteiger partial charge in [-0.25, -0.2) is 0 Å². The van der Waals surface area contributed by atoms with Crippen molar-refractivity contribution in [1.82, 2.24) is 15.2 Å². The third-order valence-electron chi connectivity index (χ3n) is 2.55. The van der Waals surface area contributed by atoms with Crippen molar-refractivity contribution in [3.8, 4) is 0 Å². The first kappa shape index (κ1) is 12.3. The number of aliphatic hydroxyl groups is 3. The Balaban J connectivity index is 2.35. The lowest BCUT2D eigenvalue weighted by molar-refractivity contribution is -0.0246. The second-order valence-corrected chi connectivity index (χ2v) is 4.06. The average molecular weight is 261 g/mol. The molecule has 0 bridgehead atoms. The van der Waals surface area contributed by atoms with Gasteiger partial charge in [0.15, 0.2) is 10.5 Å². The fraction of sp³-hybridized carbons (Fsp3) is 0.625. The second kappa shape index (κ2) is 4.63. The SMILES string of the molecule is O=c1[nH]c(=S)[nH]nc1[C@@H]1O[C@H](CO)[C@@H](O)[C@H]1O. The first-order chi connectivity index (χ1) is 8.04. The van der Waals surface area contributed by atoms with E-state index in [1.54, 1.807) is 0 Å². The summed E-state index contributed by atoms with van der Waals surface area (Å²) in [6.45, 7) is -0.463. The maximum Gasteiger partial charge on any atom is 0.276 e. The van der Waals surface area contributed by atoms with Gasteiger partial charge in [-0.15, -0.1) is 0 Å². The molecule has 8 nitrogen and oxygen atoms in total. The van der Waals surface area contributed by atoms with Crippen molar-refractivity contribution in [1.29, 1.82) is 0 Å². The number of rotatable bonds is 2. The lowest BCUT2D eigenvalue weighted by Crippen LogP contribution is -2.33.